The zero-order valence-electron chi connectivity index (χ0n) is 22.8. The highest BCUT2D eigenvalue weighted by atomic mass is 32.2. The van der Waals surface area contributed by atoms with E-state index in [1.165, 1.54) is 12.8 Å². The molecule has 1 heterocycles. The second kappa shape index (κ2) is 12.1. The Morgan fingerprint density at radius 3 is 2.31 bits per heavy atom. The minimum Gasteiger partial charge on any atom is -0.444 e. The minimum absolute atomic E-state index is 0.0559. The van der Waals surface area contributed by atoms with E-state index in [0.29, 0.717) is 24.8 Å². The van der Waals surface area contributed by atoms with Crippen molar-refractivity contribution in [1.82, 2.24) is 14.9 Å². The Balaban J connectivity index is 1.79. The number of amides is 2. The maximum atomic E-state index is 13.9. The van der Waals surface area contributed by atoms with Crippen molar-refractivity contribution in [1.29, 1.82) is 0 Å². The second-order valence-electron chi connectivity index (χ2n) is 12.4. The molecule has 1 aromatic rings. The Morgan fingerprint density at radius 2 is 1.69 bits per heavy atom. The van der Waals surface area contributed by atoms with E-state index in [0.717, 1.165) is 24.8 Å². The fourth-order valence-corrected chi connectivity index (χ4v) is 6.87. The van der Waals surface area contributed by atoms with Crippen LogP contribution in [0.2, 0.25) is 0 Å². The van der Waals surface area contributed by atoms with Crippen molar-refractivity contribution >= 4 is 23.0 Å². The van der Waals surface area contributed by atoms with Crippen LogP contribution in [0.25, 0.3) is 0 Å². The van der Waals surface area contributed by atoms with Gasteiger partial charge in [-0.05, 0) is 78.2 Å². The number of fused-ring (bicyclic) bond motifs is 1. The van der Waals surface area contributed by atoms with Gasteiger partial charge in [-0.15, -0.1) is 0 Å². The van der Waals surface area contributed by atoms with Crippen molar-refractivity contribution in [2.45, 2.75) is 103 Å². The summed E-state index contributed by atoms with van der Waals surface area (Å²) in [6.45, 7) is 12.0. The van der Waals surface area contributed by atoms with E-state index in [-0.39, 0.29) is 17.2 Å². The number of piperidine rings is 1. The quantitative estimate of drug-likeness (QED) is 0.552. The monoisotopic (exact) mass is 519 g/mol. The number of rotatable bonds is 7. The van der Waals surface area contributed by atoms with Gasteiger partial charge in [0.05, 0.1) is 16.7 Å². The lowest BCUT2D eigenvalue weighted by molar-refractivity contribution is -0.128. The molecule has 3 rings (SSSR count). The number of carbonyl (C=O) groups is 2. The van der Waals surface area contributed by atoms with Crippen molar-refractivity contribution in [3.63, 3.8) is 0 Å². The maximum Gasteiger partial charge on any atom is 0.407 e. The van der Waals surface area contributed by atoms with E-state index < -0.39 is 34.8 Å². The highest BCUT2D eigenvalue weighted by Crippen LogP contribution is 2.39. The van der Waals surface area contributed by atoms with Gasteiger partial charge in [0.2, 0.25) is 5.91 Å². The molecule has 2 aliphatic rings. The molecule has 0 spiro atoms. The SMILES string of the molecule is CC(C)(C)NC(=O)[C@@H]1C[C@@H]2CCCC[C@@H]2CN1S(=O)C[C@H](Cc1ccccc1)NC(=O)OC(C)(C)C. The van der Waals surface area contributed by atoms with Crippen LogP contribution in [0.4, 0.5) is 4.79 Å². The molecule has 0 bridgehead atoms. The van der Waals surface area contributed by atoms with Crippen LogP contribution in [0.1, 0.15) is 79.2 Å². The van der Waals surface area contributed by atoms with Crippen LogP contribution in [0.5, 0.6) is 0 Å². The molecule has 2 amide bonds. The van der Waals surface area contributed by atoms with Gasteiger partial charge in [-0.2, -0.15) is 0 Å². The topological polar surface area (TPSA) is 87.7 Å². The summed E-state index contributed by atoms with van der Waals surface area (Å²) in [6, 6.07) is 9.04. The summed E-state index contributed by atoms with van der Waals surface area (Å²) in [5.74, 6) is 1.14. The van der Waals surface area contributed by atoms with E-state index in [4.69, 9.17) is 4.74 Å². The first kappa shape index (κ1) is 28.6. The Morgan fingerprint density at radius 1 is 1.06 bits per heavy atom. The predicted octanol–water partition coefficient (Wildman–Crippen LogP) is 4.58. The average molecular weight is 520 g/mol. The lowest BCUT2D eigenvalue weighted by Crippen LogP contribution is -2.58. The summed E-state index contributed by atoms with van der Waals surface area (Å²) in [4.78, 5) is 26.0. The van der Waals surface area contributed by atoms with E-state index in [1.807, 2.05) is 76.2 Å². The summed E-state index contributed by atoms with van der Waals surface area (Å²) in [5.41, 5.74) is 0.0602. The van der Waals surface area contributed by atoms with E-state index >= 15 is 0 Å². The number of hydrogen-bond acceptors (Lipinski definition) is 4. The Bertz CT molecular complexity index is 910. The third kappa shape index (κ3) is 8.87. The van der Waals surface area contributed by atoms with Gasteiger partial charge in [-0.3, -0.25) is 4.79 Å². The Labute approximate surface area is 219 Å². The lowest BCUT2D eigenvalue weighted by Gasteiger charge is -2.45. The van der Waals surface area contributed by atoms with Crippen molar-refractivity contribution < 1.29 is 18.5 Å². The van der Waals surface area contributed by atoms with Gasteiger partial charge in [0.25, 0.3) is 0 Å². The second-order valence-corrected chi connectivity index (χ2v) is 13.9. The molecule has 1 saturated carbocycles. The number of hydrogen-bond donors (Lipinski definition) is 2. The lowest BCUT2D eigenvalue weighted by atomic mass is 9.73. The molecule has 0 aromatic heterocycles. The zero-order chi connectivity index (χ0) is 26.5. The standard InChI is InChI=1S/C28H45N3O4S/c1-27(2,3)30-25(32)24-17-21-14-10-11-15-22(21)18-31(24)36(34)19-23(16-20-12-8-7-9-13-20)29-26(33)35-28(4,5)6/h7-9,12-13,21-24H,10-11,14-19H2,1-6H3,(H,29,33)(H,30,32)/t21-,22+,23-,24-,36?/m0/s1. The van der Waals surface area contributed by atoms with Gasteiger partial charge < -0.3 is 15.4 Å². The number of ether oxygens (including phenoxy) is 1. The molecule has 2 fully saturated rings. The zero-order valence-corrected chi connectivity index (χ0v) is 23.7. The highest BCUT2D eigenvalue weighted by Gasteiger charge is 2.43. The van der Waals surface area contributed by atoms with Crippen LogP contribution >= 0.6 is 0 Å². The van der Waals surface area contributed by atoms with Crippen LogP contribution in [0.15, 0.2) is 30.3 Å². The third-order valence-electron chi connectivity index (χ3n) is 6.81. The molecule has 36 heavy (non-hydrogen) atoms. The number of nitrogens with one attached hydrogen (secondary N) is 2. The van der Waals surface area contributed by atoms with Crippen LogP contribution < -0.4 is 10.6 Å². The van der Waals surface area contributed by atoms with Gasteiger partial charge in [-0.25, -0.2) is 13.3 Å². The summed E-state index contributed by atoms with van der Waals surface area (Å²) >= 11 is 0. The number of alkyl carbamates (subject to hydrolysis) is 1. The molecule has 0 radical (unpaired) electrons. The van der Waals surface area contributed by atoms with E-state index in [2.05, 4.69) is 10.6 Å². The summed E-state index contributed by atoms with van der Waals surface area (Å²) in [7, 11) is -1.44. The molecular formula is C28H45N3O4S. The first-order valence-corrected chi connectivity index (χ1v) is 14.6. The first-order chi connectivity index (χ1) is 16.8. The van der Waals surface area contributed by atoms with Gasteiger partial charge in [0.15, 0.2) is 0 Å². The minimum atomic E-state index is -1.44. The molecule has 1 saturated heterocycles. The molecule has 1 aliphatic carbocycles. The normalized spacial score (nSPS) is 24.8. The number of carbonyl (C=O) groups excluding carboxylic acids is 2. The molecule has 7 nitrogen and oxygen atoms in total. The highest BCUT2D eigenvalue weighted by molar-refractivity contribution is 7.82. The van der Waals surface area contributed by atoms with Crippen LogP contribution in [-0.2, 0) is 26.9 Å². The third-order valence-corrected chi connectivity index (χ3v) is 8.42. The van der Waals surface area contributed by atoms with Crippen molar-refractivity contribution in [2.75, 3.05) is 12.3 Å². The Kier molecular flexibility index (Phi) is 9.61. The number of benzene rings is 1. The molecule has 202 valence electrons. The molecule has 1 unspecified atom stereocenters. The molecule has 8 heteroatoms. The largest absolute Gasteiger partial charge is 0.444 e. The van der Waals surface area contributed by atoms with Crippen LogP contribution in [0.3, 0.4) is 0 Å². The number of nitrogens with zero attached hydrogens (tertiary/aromatic N) is 1. The van der Waals surface area contributed by atoms with Gasteiger partial charge >= 0.3 is 6.09 Å². The van der Waals surface area contributed by atoms with E-state index in [1.54, 1.807) is 0 Å². The molecule has 5 atom stereocenters. The van der Waals surface area contributed by atoms with Gasteiger partial charge in [-0.1, -0.05) is 49.6 Å². The summed E-state index contributed by atoms with van der Waals surface area (Å²) in [5, 5.41) is 6.06. The van der Waals surface area contributed by atoms with Crippen LogP contribution in [0, 0.1) is 11.8 Å². The van der Waals surface area contributed by atoms with Crippen molar-refractivity contribution in [3.8, 4) is 0 Å². The molecule has 1 aromatic carbocycles. The van der Waals surface area contributed by atoms with Crippen molar-refractivity contribution in [3.05, 3.63) is 35.9 Å². The first-order valence-electron chi connectivity index (χ1n) is 13.3. The smallest absolute Gasteiger partial charge is 0.407 e. The molecule has 1 aliphatic heterocycles. The Hall–Kier alpha value is -1.93. The summed E-state index contributed by atoms with van der Waals surface area (Å²) < 4.78 is 21.3. The fraction of sp³-hybridized carbons (Fsp3) is 0.714. The fourth-order valence-electron chi connectivity index (χ4n) is 5.31. The predicted molar refractivity (Wildman–Crippen MR) is 145 cm³/mol. The molecule has 2 N–H and O–H groups in total. The van der Waals surface area contributed by atoms with Crippen LogP contribution in [-0.4, -0.2) is 56.0 Å². The molecular weight excluding hydrogens is 474 g/mol. The summed E-state index contributed by atoms with van der Waals surface area (Å²) in [6.07, 6.45) is 5.41. The van der Waals surface area contributed by atoms with Crippen molar-refractivity contribution in [2.24, 2.45) is 11.8 Å². The van der Waals surface area contributed by atoms with Gasteiger partial charge in [0, 0.05) is 18.1 Å². The average Bonchev–Trinajstić information content (AvgIpc) is 2.76. The van der Waals surface area contributed by atoms with E-state index in [9.17, 15) is 13.8 Å². The van der Waals surface area contributed by atoms with Gasteiger partial charge in [0.1, 0.15) is 11.6 Å². The maximum absolute atomic E-state index is 13.9.